The van der Waals surface area contributed by atoms with E-state index in [4.69, 9.17) is 16.3 Å². The Balaban J connectivity index is 1.58. The lowest BCUT2D eigenvalue weighted by atomic mass is 10.1. The third-order valence-corrected chi connectivity index (χ3v) is 7.40. The van der Waals surface area contributed by atoms with Gasteiger partial charge in [0, 0.05) is 42.8 Å². The van der Waals surface area contributed by atoms with Gasteiger partial charge in [0.2, 0.25) is 15.9 Å². The molecule has 9 nitrogen and oxygen atoms in total. The number of ether oxygens (including phenoxy) is 1. The fourth-order valence-electron chi connectivity index (χ4n) is 4.26. The Morgan fingerprint density at radius 1 is 1.18 bits per heavy atom. The zero-order valence-corrected chi connectivity index (χ0v) is 23.2. The number of nitrogens with one attached hydrogen (secondary N) is 1. The molecule has 1 saturated heterocycles. The topological polar surface area (TPSA) is 116 Å². The highest BCUT2D eigenvalue weighted by Crippen LogP contribution is 2.25. The van der Waals surface area contributed by atoms with Gasteiger partial charge in [0.15, 0.2) is 6.61 Å². The molecule has 0 aliphatic carbocycles. The van der Waals surface area contributed by atoms with Crippen molar-refractivity contribution in [2.75, 3.05) is 26.2 Å². The summed E-state index contributed by atoms with van der Waals surface area (Å²) in [5.74, 6) is -1.82. The SMILES string of the molecule is C[C@@H]1CN(Cc2ccc(F)cc2)CCN1C(=O)COc1ccc(Cl)cc1CS(=O)(=O)NC(=O)CC(C)(C)O. The predicted octanol–water partition coefficient (Wildman–Crippen LogP) is 2.70. The molecule has 1 heterocycles. The maximum absolute atomic E-state index is 13.2. The molecule has 0 aromatic heterocycles. The summed E-state index contributed by atoms with van der Waals surface area (Å²) in [6.07, 6.45) is -0.394. The highest BCUT2D eigenvalue weighted by Gasteiger charge is 2.28. The monoisotopic (exact) mass is 569 g/mol. The van der Waals surface area contributed by atoms with E-state index >= 15 is 0 Å². The summed E-state index contributed by atoms with van der Waals surface area (Å²) in [5.41, 5.74) is -0.192. The van der Waals surface area contributed by atoms with Crippen LogP contribution >= 0.6 is 11.6 Å². The van der Waals surface area contributed by atoms with Crippen LogP contribution in [-0.4, -0.2) is 73.0 Å². The normalized spacial score (nSPS) is 16.8. The highest BCUT2D eigenvalue weighted by atomic mass is 35.5. The second-order valence-electron chi connectivity index (χ2n) is 10.1. The highest BCUT2D eigenvalue weighted by molar-refractivity contribution is 7.89. The van der Waals surface area contributed by atoms with Gasteiger partial charge in [-0.25, -0.2) is 12.8 Å². The van der Waals surface area contributed by atoms with E-state index in [0.29, 0.717) is 26.2 Å². The minimum Gasteiger partial charge on any atom is -0.483 e. The first-order valence-electron chi connectivity index (χ1n) is 12.1. The first kappa shape index (κ1) is 29.8. The number of amides is 2. The summed E-state index contributed by atoms with van der Waals surface area (Å²) in [6.45, 7) is 6.84. The molecule has 12 heteroatoms. The third kappa shape index (κ3) is 9.23. The quantitative estimate of drug-likeness (QED) is 0.452. The van der Waals surface area contributed by atoms with Gasteiger partial charge < -0.3 is 14.7 Å². The number of nitrogens with zero attached hydrogens (tertiary/aromatic N) is 2. The van der Waals surface area contributed by atoms with Gasteiger partial charge in [-0.2, -0.15) is 0 Å². The van der Waals surface area contributed by atoms with E-state index in [-0.39, 0.29) is 40.7 Å². The number of benzene rings is 2. The van der Waals surface area contributed by atoms with Crippen LogP contribution in [0.25, 0.3) is 0 Å². The average Bonchev–Trinajstić information content (AvgIpc) is 2.78. The number of hydrogen-bond donors (Lipinski definition) is 2. The number of hydrogen-bond acceptors (Lipinski definition) is 7. The average molecular weight is 570 g/mol. The Hall–Kier alpha value is -2.73. The van der Waals surface area contributed by atoms with Crippen LogP contribution in [0.4, 0.5) is 4.39 Å². The molecule has 38 heavy (non-hydrogen) atoms. The number of carbonyl (C=O) groups is 2. The molecule has 0 radical (unpaired) electrons. The van der Waals surface area contributed by atoms with Crippen molar-refractivity contribution in [3.63, 3.8) is 0 Å². The zero-order valence-electron chi connectivity index (χ0n) is 21.6. The maximum Gasteiger partial charge on any atom is 0.260 e. The maximum atomic E-state index is 13.2. The van der Waals surface area contributed by atoms with Gasteiger partial charge in [0.25, 0.3) is 5.91 Å². The van der Waals surface area contributed by atoms with E-state index in [1.165, 1.54) is 44.2 Å². The molecule has 0 spiro atoms. The van der Waals surface area contributed by atoms with Crippen molar-refractivity contribution < 1.29 is 32.2 Å². The molecule has 2 N–H and O–H groups in total. The smallest absolute Gasteiger partial charge is 0.260 e. The number of carbonyl (C=O) groups excluding carboxylic acids is 2. The number of piperazine rings is 1. The van der Waals surface area contributed by atoms with Crippen LogP contribution in [0.15, 0.2) is 42.5 Å². The van der Waals surface area contributed by atoms with Crippen molar-refractivity contribution in [2.24, 2.45) is 0 Å². The standard InChI is InChI=1S/C26H33ClFN3O6S/c1-18-14-30(15-19-4-7-22(28)8-5-19)10-11-31(18)25(33)16-37-23-9-6-21(27)12-20(23)17-38(35,36)29-24(32)13-26(2,3)34/h4-9,12,18,34H,10-11,13-17H2,1-3H3,(H,29,32)/t18-/m1/s1. The van der Waals surface area contributed by atoms with Crippen LogP contribution in [0.2, 0.25) is 5.02 Å². The Morgan fingerprint density at radius 3 is 2.50 bits per heavy atom. The number of sulfonamides is 1. The lowest BCUT2D eigenvalue weighted by Crippen LogP contribution is -2.54. The molecule has 2 amide bonds. The summed E-state index contributed by atoms with van der Waals surface area (Å²) >= 11 is 6.05. The van der Waals surface area contributed by atoms with Gasteiger partial charge in [-0.15, -0.1) is 0 Å². The van der Waals surface area contributed by atoms with Crippen LogP contribution in [0.5, 0.6) is 5.75 Å². The van der Waals surface area contributed by atoms with Gasteiger partial charge in [-0.3, -0.25) is 19.2 Å². The molecule has 0 unspecified atom stereocenters. The zero-order chi connectivity index (χ0) is 28.1. The van der Waals surface area contributed by atoms with Gasteiger partial charge in [0.05, 0.1) is 17.8 Å². The molecule has 2 aromatic carbocycles. The Bertz CT molecular complexity index is 1250. The largest absolute Gasteiger partial charge is 0.483 e. The van der Waals surface area contributed by atoms with Crippen molar-refractivity contribution in [2.45, 2.75) is 51.1 Å². The Kier molecular flexibility index (Phi) is 9.74. The van der Waals surface area contributed by atoms with E-state index in [0.717, 1.165) is 5.56 Å². The van der Waals surface area contributed by atoms with Crippen molar-refractivity contribution >= 4 is 33.4 Å². The fraction of sp³-hybridized carbons (Fsp3) is 0.462. The molecule has 0 bridgehead atoms. The van der Waals surface area contributed by atoms with E-state index < -0.39 is 33.7 Å². The molecule has 208 valence electrons. The van der Waals surface area contributed by atoms with Crippen LogP contribution in [-0.2, 0) is 31.9 Å². The molecule has 1 aliphatic heterocycles. The van der Waals surface area contributed by atoms with Crippen molar-refractivity contribution in [3.8, 4) is 5.75 Å². The summed E-state index contributed by atoms with van der Waals surface area (Å²) in [5, 5.41) is 10.0. The van der Waals surface area contributed by atoms with Crippen LogP contribution < -0.4 is 9.46 Å². The molecule has 1 atom stereocenters. The van der Waals surface area contributed by atoms with Crippen LogP contribution in [0.1, 0.15) is 38.3 Å². The number of halogens is 2. The number of aliphatic hydroxyl groups is 1. The Labute approximate surface area is 227 Å². The molecule has 3 rings (SSSR count). The first-order valence-corrected chi connectivity index (χ1v) is 14.2. The molecule has 1 fully saturated rings. The van der Waals surface area contributed by atoms with E-state index in [1.54, 1.807) is 17.0 Å². The lowest BCUT2D eigenvalue weighted by molar-refractivity contribution is -0.138. The number of rotatable bonds is 10. The summed E-state index contributed by atoms with van der Waals surface area (Å²) in [6, 6.07) is 10.6. The molecular formula is C26H33ClFN3O6S. The fourth-order valence-corrected chi connectivity index (χ4v) is 5.58. The molecule has 0 saturated carbocycles. The second kappa shape index (κ2) is 12.4. The summed E-state index contributed by atoms with van der Waals surface area (Å²) < 4.78 is 45.9. The Morgan fingerprint density at radius 2 is 1.87 bits per heavy atom. The summed E-state index contributed by atoms with van der Waals surface area (Å²) in [4.78, 5) is 28.8. The molecular weight excluding hydrogens is 537 g/mol. The molecule has 2 aromatic rings. The van der Waals surface area contributed by atoms with Crippen molar-refractivity contribution in [1.82, 2.24) is 14.5 Å². The predicted molar refractivity (Wildman–Crippen MR) is 141 cm³/mol. The van der Waals surface area contributed by atoms with E-state index in [1.807, 2.05) is 11.6 Å². The lowest BCUT2D eigenvalue weighted by Gasteiger charge is -2.39. The minimum absolute atomic E-state index is 0.0867. The van der Waals surface area contributed by atoms with Crippen LogP contribution in [0.3, 0.4) is 0 Å². The van der Waals surface area contributed by atoms with Gasteiger partial charge >= 0.3 is 0 Å². The van der Waals surface area contributed by atoms with E-state index in [2.05, 4.69) is 4.90 Å². The van der Waals surface area contributed by atoms with Crippen LogP contribution in [0, 0.1) is 5.82 Å². The first-order chi connectivity index (χ1) is 17.7. The van der Waals surface area contributed by atoms with Gasteiger partial charge in [-0.05, 0) is 56.7 Å². The van der Waals surface area contributed by atoms with Gasteiger partial charge in [-0.1, -0.05) is 23.7 Å². The van der Waals surface area contributed by atoms with Crippen molar-refractivity contribution in [1.29, 1.82) is 0 Å². The second-order valence-corrected chi connectivity index (χ2v) is 12.3. The summed E-state index contributed by atoms with van der Waals surface area (Å²) in [7, 11) is -4.12. The van der Waals surface area contributed by atoms with Gasteiger partial charge in [0.1, 0.15) is 11.6 Å². The minimum atomic E-state index is -4.12. The third-order valence-electron chi connectivity index (χ3n) is 5.93. The van der Waals surface area contributed by atoms with E-state index in [9.17, 15) is 27.5 Å². The molecule has 1 aliphatic rings. The van der Waals surface area contributed by atoms with Crippen molar-refractivity contribution in [3.05, 3.63) is 64.4 Å².